The number of para-hydroxylation sites is 1. The lowest BCUT2D eigenvalue weighted by atomic mass is 10.00. The highest BCUT2D eigenvalue weighted by molar-refractivity contribution is 5.95. The van der Waals surface area contributed by atoms with Crippen molar-refractivity contribution in [3.05, 3.63) is 30.3 Å². The number of hydrogen-bond acceptors (Lipinski definition) is 3. The standard InChI is InChI=1S/C17H25NO3/c1-4-6-10-14(5-2)17(20)21-13(3)16(19)18-15-11-8-7-9-12-15/h7-9,11-14H,4-6,10H2,1-3H3,(H,18,19)/t13-,14-/m0/s1. The highest BCUT2D eigenvalue weighted by Gasteiger charge is 2.23. The van der Waals surface area contributed by atoms with Crippen molar-refractivity contribution in [3.63, 3.8) is 0 Å². The second-order valence-corrected chi connectivity index (χ2v) is 5.18. The number of amides is 1. The van der Waals surface area contributed by atoms with Gasteiger partial charge in [0.15, 0.2) is 6.10 Å². The Labute approximate surface area is 126 Å². The average Bonchev–Trinajstić information content (AvgIpc) is 2.49. The zero-order valence-corrected chi connectivity index (χ0v) is 13.1. The van der Waals surface area contributed by atoms with Gasteiger partial charge in [0, 0.05) is 5.69 Å². The molecule has 0 aliphatic heterocycles. The lowest BCUT2D eigenvalue weighted by Gasteiger charge is -2.18. The molecule has 1 amide bonds. The summed E-state index contributed by atoms with van der Waals surface area (Å²) in [4.78, 5) is 24.0. The Hall–Kier alpha value is -1.84. The number of benzene rings is 1. The summed E-state index contributed by atoms with van der Waals surface area (Å²) >= 11 is 0. The molecule has 116 valence electrons. The smallest absolute Gasteiger partial charge is 0.309 e. The molecule has 2 atom stereocenters. The van der Waals surface area contributed by atoms with Crippen molar-refractivity contribution in [2.24, 2.45) is 5.92 Å². The summed E-state index contributed by atoms with van der Waals surface area (Å²) in [5, 5.41) is 2.73. The fourth-order valence-corrected chi connectivity index (χ4v) is 2.03. The van der Waals surface area contributed by atoms with Crippen molar-refractivity contribution in [2.45, 2.75) is 52.6 Å². The number of carbonyl (C=O) groups excluding carboxylic acids is 2. The van der Waals surface area contributed by atoms with Crippen LogP contribution in [0.4, 0.5) is 5.69 Å². The van der Waals surface area contributed by atoms with E-state index in [2.05, 4.69) is 12.2 Å². The second kappa shape index (κ2) is 9.16. The van der Waals surface area contributed by atoms with Crippen LogP contribution in [0.5, 0.6) is 0 Å². The molecule has 0 saturated carbocycles. The molecule has 1 rings (SSSR count). The first-order chi connectivity index (χ1) is 10.1. The minimum absolute atomic E-state index is 0.114. The molecule has 0 unspecified atom stereocenters. The molecule has 0 spiro atoms. The first-order valence-corrected chi connectivity index (χ1v) is 7.64. The topological polar surface area (TPSA) is 55.4 Å². The Kier molecular flexibility index (Phi) is 7.51. The summed E-state index contributed by atoms with van der Waals surface area (Å²) in [6, 6.07) is 9.14. The first kappa shape index (κ1) is 17.2. The minimum atomic E-state index is -0.784. The van der Waals surface area contributed by atoms with Gasteiger partial charge in [-0.2, -0.15) is 0 Å². The van der Waals surface area contributed by atoms with E-state index in [1.807, 2.05) is 25.1 Å². The quantitative estimate of drug-likeness (QED) is 0.742. The van der Waals surface area contributed by atoms with Crippen LogP contribution in [0.2, 0.25) is 0 Å². The molecule has 0 saturated heterocycles. The van der Waals surface area contributed by atoms with Gasteiger partial charge in [0.05, 0.1) is 5.92 Å². The molecule has 1 aromatic rings. The van der Waals surface area contributed by atoms with Gasteiger partial charge in [-0.05, 0) is 31.9 Å². The Morgan fingerprint density at radius 1 is 1.19 bits per heavy atom. The van der Waals surface area contributed by atoms with Crippen LogP contribution < -0.4 is 5.32 Å². The summed E-state index contributed by atoms with van der Waals surface area (Å²) in [6.45, 7) is 5.66. The molecule has 4 heteroatoms. The van der Waals surface area contributed by atoms with Gasteiger partial charge in [-0.3, -0.25) is 9.59 Å². The van der Waals surface area contributed by atoms with Crippen molar-refractivity contribution in [3.8, 4) is 0 Å². The van der Waals surface area contributed by atoms with Gasteiger partial charge in [-0.25, -0.2) is 0 Å². The van der Waals surface area contributed by atoms with E-state index in [4.69, 9.17) is 4.74 Å². The van der Waals surface area contributed by atoms with Crippen LogP contribution in [-0.2, 0) is 14.3 Å². The maximum atomic E-state index is 12.0. The summed E-state index contributed by atoms with van der Waals surface area (Å²) in [5.41, 5.74) is 0.698. The molecule has 0 bridgehead atoms. The highest BCUT2D eigenvalue weighted by Crippen LogP contribution is 2.16. The zero-order valence-electron chi connectivity index (χ0n) is 13.1. The predicted octanol–water partition coefficient (Wildman–Crippen LogP) is 3.77. The van der Waals surface area contributed by atoms with E-state index in [1.165, 1.54) is 0 Å². The molecule has 0 aliphatic carbocycles. The SMILES string of the molecule is CCCC[C@H](CC)C(=O)O[C@@H](C)C(=O)Nc1ccccc1. The van der Waals surface area contributed by atoms with Crippen LogP contribution in [0.3, 0.4) is 0 Å². The summed E-state index contributed by atoms with van der Waals surface area (Å²) in [6.07, 6.45) is 2.82. The highest BCUT2D eigenvalue weighted by atomic mass is 16.5. The molecule has 4 nitrogen and oxygen atoms in total. The van der Waals surface area contributed by atoms with Gasteiger partial charge in [0.25, 0.3) is 5.91 Å². The number of esters is 1. The largest absolute Gasteiger partial charge is 0.452 e. The molecule has 1 aromatic carbocycles. The molecule has 0 radical (unpaired) electrons. The van der Waals surface area contributed by atoms with Crippen LogP contribution in [-0.4, -0.2) is 18.0 Å². The van der Waals surface area contributed by atoms with Gasteiger partial charge in [0.2, 0.25) is 0 Å². The maximum absolute atomic E-state index is 12.0. The Balaban J connectivity index is 2.49. The molecular formula is C17H25NO3. The van der Waals surface area contributed by atoms with Crippen LogP contribution in [0.15, 0.2) is 30.3 Å². The fraction of sp³-hybridized carbons (Fsp3) is 0.529. The number of nitrogens with one attached hydrogen (secondary N) is 1. The van der Waals surface area contributed by atoms with E-state index in [-0.39, 0.29) is 17.8 Å². The maximum Gasteiger partial charge on any atom is 0.309 e. The number of hydrogen-bond donors (Lipinski definition) is 1. The fourth-order valence-electron chi connectivity index (χ4n) is 2.03. The third-order valence-electron chi connectivity index (χ3n) is 3.44. The third kappa shape index (κ3) is 5.98. The molecule has 0 fully saturated rings. The van der Waals surface area contributed by atoms with Crippen molar-refractivity contribution >= 4 is 17.6 Å². The summed E-state index contributed by atoms with van der Waals surface area (Å²) in [5.74, 6) is -0.696. The molecule has 0 aliphatic rings. The number of unbranched alkanes of at least 4 members (excludes halogenated alkanes) is 1. The Bertz CT molecular complexity index is 445. The minimum Gasteiger partial charge on any atom is -0.452 e. The monoisotopic (exact) mass is 291 g/mol. The van der Waals surface area contributed by atoms with Gasteiger partial charge < -0.3 is 10.1 Å². The van der Waals surface area contributed by atoms with E-state index in [9.17, 15) is 9.59 Å². The molecule has 0 heterocycles. The van der Waals surface area contributed by atoms with Gasteiger partial charge in [0.1, 0.15) is 0 Å². The lowest BCUT2D eigenvalue weighted by molar-refractivity contribution is -0.157. The predicted molar refractivity (Wildman–Crippen MR) is 83.9 cm³/mol. The zero-order chi connectivity index (χ0) is 15.7. The molecule has 0 aromatic heterocycles. The second-order valence-electron chi connectivity index (χ2n) is 5.18. The number of rotatable bonds is 8. The third-order valence-corrected chi connectivity index (χ3v) is 3.44. The first-order valence-electron chi connectivity index (χ1n) is 7.64. The molecular weight excluding hydrogens is 266 g/mol. The summed E-state index contributed by atoms with van der Waals surface area (Å²) < 4.78 is 5.28. The van der Waals surface area contributed by atoms with Crippen molar-refractivity contribution < 1.29 is 14.3 Å². The van der Waals surface area contributed by atoms with E-state index < -0.39 is 6.10 Å². The Morgan fingerprint density at radius 3 is 2.43 bits per heavy atom. The van der Waals surface area contributed by atoms with E-state index >= 15 is 0 Å². The molecule has 21 heavy (non-hydrogen) atoms. The normalized spacial score (nSPS) is 13.3. The van der Waals surface area contributed by atoms with E-state index in [0.29, 0.717) is 5.69 Å². The van der Waals surface area contributed by atoms with Crippen LogP contribution in [0, 0.1) is 5.92 Å². The van der Waals surface area contributed by atoms with Crippen LogP contribution >= 0.6 is 0 Å². The van der Waals surface area contributed by atoms with Gasteiger partial charge >= 0.3 is 5.97 Å². The van der Waals surface area contributed by atoms with Gasteiger partial charge in [-0.15, -0.1) is 0 Å². The molecule has 1 N–H and O–H groups in total. The van der Waals surface area contributed by atoms with Crippen molar-refractivity contribution in [1.29, 1.82) is 0 Å². The number of carbonyl (C=O) groups is 2. The van der Waals surface area contributed by atoms with Crippen molar-refractivity contribution in [2.75, 3.05) is 5.32 Å². The number of anilines is 1. The van der Waals surface area contributed by atoms with Gasteiger partial charge in [-0.1, -0.05) is 44.9 Å². The summed E-state index contributed by atoms with van der Waals surface area (Å²) in [7, 11) is 0. The van der Waals surface area contributed by atoms with Crippen LogP contribution in [0.1, 0.15) is 46.5 Å². The van der Waals surface area contributed by atoms with Crippen LogP contribution in [0.25, 0.3) is 0 Å². The van der Waals surface area contributed by atoms with Crippen molar-refractivity contribution in [1.82, 2.24) is 0 Å². The van der Waals surface area contributed by atoms with E-state index in [1.54, 1.807) is 19.1 Å². The van der Waals surface area contributed by atoms with E-state index in [0.717, 1.165) is 25.7 Å². The average molecular weight is 291 g/mol. The Morgan fingerprint density at radius 2 is 1.86 bits per heavy atom. The lowest BCUT2D eigenvalue weighted by Crippen LogP contribution is -2.32. The number of ether oxygens (including phenoxy) is 1.